The van der Waals surface area contributed by atoms with Gasteiger partial charge in [-0.05, 0) is 37.1 Å². The highest BCUT2D eigenvalue weighted by Crippen LogP contribution is 2.11. The molecule has 0 aliphatic carbocycles. The summed E-state index contributed by atoms with van der Waals surface area (Å²) in [6.45, 7) is 6.68. The van der Waals surface area contributed by atoms with Crippen LogP contribution in [0.2, 0.25) is 0 Å². The quantitative estimate of drug-likeness (QED) is 0.366. The molecule has 0 saturated heterocycles. The minimum atomic E-state index is -0.107. The number of anilines is 1. The molecular weight excluding hydrogens is 328 g/mol. The van der Waals surface area contributed by atoms with Crippen LogP contribution in [0.3, 0.4) is 0 Å². The lowest BCUT2D eigenvalue weighted by Gasteiger charge is -2.11. The van der Waals surface area contributed by atoms with E-state index in [1.807, 2.05) is 31.2 Å². The molecule has 0 atom stereocenters. The predicted octanol–water partition coefficient (Wildman–Crippen LogP) is 2.38. The lowest BCUT2D eigenvalue weighted by Crippen LogP contribution is -2.37. The number of aliphatic imine (C=N–C) groups is 1. The Hall–Kier alpha value is -2.83. The van der Waals surface area contributed by atoms with E-state index in [4.69, 9.17) is 0 Å². The number of nitrogens with zero attached hydrogens (tertiary/aromatic N) is 3. The van der Waals surface area contributed by atoms with Crippen molar-refractivity contribution in [3.05, 3.63) is 48.3 Å². The molecule has 1 aromatic heterocycles. The maximum atomic E-state index is 12.1. The van der Waals surface area contributed by atoms with Crippen LogP contribution in [0.5, 0.6) is 0 Å². The van der Waals surface area contributed by atoms with Crippen LogP contribution in [0.25, 0.3) is 0 Å². The second-order valence-corrected chi connectivity index (χ2v) is 5.93. The van der Waals surface area contributed by atoms with Crippen LogP contribution < -0.4 is 16.0 Å². The Balaban J connectivity index is 1.92. The van der Waals surface area contributed by atoms with Gasteiger partial charge in [-0.2, -0.15) is 5.10 Å². The first-order chi connectivity index (χ1) is 12.7. The summed E-state index contributed by atoms with van der Waals surface area (Å²) < 4.78 is 1.59. The number of aromatic nitrogens is 2. The van der Waals surface area contributed by atoms with E-state index in [1.54, 1.807) is 23.1 Å². The van der Waals surface area contributed by atoms with Crippen LogP contribution in [0, 0.1) is 0 Å². The molecule has 0 spiro atoms. The van der Waals surface area contributed by atoms with Gasteiger partial charge in [0.15, 0.2) is 5.96 Å². The number of nitrogens with one attached hydrogen (secondary N) is 3. The summed E-state index contributed by atoms with van der Waals surface area (Å²) in [5.41, 5.74) is 1.80. The zero-order chi connectivity index (χ0) is 18.6. The topological polar surface area (TPSA) is 83.3 Å². The van der Waals surface area contributed by atoms with Crippen molar-refractivity contribution >= 4 is 17.6 Å². The first kappa shape index (κ1) is 19.5. The van der Waals surface area contributed by atoms with Gasteiger partial charge < -0.3 is 16.0 Å². The third-order valence-electron chi connectivity index (χ3n) is 3.66. The molecule has 0 saturated carbocycles. The molecule has 3 N–H and O–H groups in total. The van der Waals surface area contributed by atoms with Gasteiger partial charge in [0, 0.05) is 31.2 Å². The van der Waals surface area contributed by atoms with Crippen molar-refractivity contribution < 1.29 is 4.79 Å². The van der Waals surface area contributed by atoms with Crippen LogP contribution in [0.15, 0.2) is 47.7 Å². The number of guanidine groups is 1. The Bertz CT molecular complexity index is 696. The minimum absolute atomic E-state index is 0.107. The smallest absolute Gasteiger partial charge is 0.246 e. The standard InChI is InChI=1S/C19H28N6O/c1-3-5-10-21-19(20-4-2)22-14-16-8-6-9-17(13-16)24-18(26)15-25-12-7-11-23-25/h6-9,11-13H,3-5,10,14-15H2,1-2H3,(H,24,26)(H2,20,21,22). The monoisotopic (exact) mass is 356 g/mol. The van der Waals surface area contributed by atoms with Gasteiger partial charge in [-0.15, -0.1) is 0 Å². The highest BCUT2D eigenvalue weighted by atomic mass is 16.2. The van der Waals surface area contributed by atoms with Gasteiger partial charge in [0.05, 0.1) is 6.54 Å². The van der Waals surface area contributed by atoms with E-state index >= 15 is 0 Å². The first-order valence-electron chi connectivity index (χ1n) is 9.09. The SMILES string of the molecule is CCCCNC(=NCc1cccc(NC(=O)Cn2cccn2)c1)NCC. The zero-order valence-corrected chi connectivity index (χ0v) is 15.5. The van der Waals surface area contributed by atoms with Crippen LogP contribution in [0.1, 0.15) is 32.3 Å². The minimum Gasteiger partial charge on any atom is -0.357 e. The molecule has 1 amide bonds. The second-order valence-electron chi connectivity index (χ2n) is 5.93. The number of carbonyl (C=O) groups excluding carboxylic acids is 1. The molecule has 140 valence electrons. The highest BCUT2D eigenvalue weighted by Gasteiger charge is 2.04. The second kappa shape index (κ2) is 10.9. The van der Waals surface area contributed by atoms with Gasteiger partial charge >= 0.3 is 0 Å². The number of carbonyl (C=O) groups is 1. The van der Waals surface area contributed by atoms with Gasteiger partial charge in [-0.1, -0.05) is 25.5 Å². The number of unbranched alkanes of at least 4 members (excludes halogenated alkanes) is 1. The Morgan fingerprint density at radius 2 is 2.12 bits per heavy atom. The Morgan fingerprint density at radius 1 is 1.23 bits per heavy atom. The maximum absolute atomic E-state index is 12.1. The van der Waals surface area contributed by atoms with E-state index < -0.39 is 0 Å². The van der Waals surface area contributed by atoms with Gasteiger partial charge in [0.2, 0.25) is 5.91 Å². The van der Waals surface area contributed by atoms with Crippen molar-refractivity contribution in [3.63, 3.8) is 0 Å². The number of hydrogen-bond acceptors (Lipinski definition) is 3. The molecule has 0 fully saturated rings. The van der Waals surface area contributed by atoms with Crippen LogP contribution in [-0.2, 0) is 17.9 Å². The number of rotatable bonds is 9. The molecule has 0 bridgehead atoms. The van der Waals surface area contributed by atoms with Gasteiger partial charge in [-0.3, -0.25) is 9.48 Å². The maximum Gasteiger partial charge on any atom is 0.246 e. The summed E-state index contributed by atoms with van der Waals surface area (Å²) in [6.07, 6.45) is 5.68. The molecule has 2 aromatic rings. The van der Waals surface area contributed by atoms with Crippen molar-refractivity contribution in [1.82, 2.24) is 20.4 Å². The molecule has 1 aromatic carbocycles. The van der Waals surface area contributed by atoms with E-state index in [-0.39, 0.29) is 12.5 Å². The summed E-state index contributed by atoms with van der Waals surface area (Å²) in [4.78, 5) is 16.7. The van der Waals surface area contributed by atoms with E-state index in [0.29, 0.717) is 6.54 Å². The Kier molecular flexibility index (Phi) is 8.18. The summed E-state index contributed by atoms with van der Waals surface area (Å²) in [6, 6.07) is 9.54. The molecular formula is C19H28N6O. The van der Waals surface area contributed by atoms with Crippen LogP contribution in [-0.4, -0.2) is 34.7 Å². The van der Waals surface area contributed by atoms with E-state index in [0.717, 1.165) is 43.1 Å². The van der Waals surface area contributed by atoms with Crippen molar-refractivity contribution in [1.29, 1.82) is 0 Å². The molecule has 7 nitrogen and oxygen atoms in total. The van der Waals surface area contributed by atoms with Crippen molar-refractivity contribution in [2.75, 3.05) is 18.4 Å². The molecule has 1 heterocycles. The fourth-order valence-corrected chi connectivity index (χ4v) is 2.38. The molecule has 0 radical (unpaired) electrons. The molecule has 0 unspecified atom stereocenters. The zero-order valence-electron chi connectivity index (χ0n) is 15.5. The predicted molar refractivity (Wildman–Crippen MR) is 105 cm³/mol. The average Bonchev–Trinajstić information content (AvgIpc) is 3.13. The van der Waals surface area contributed by atoms with Crippen molar-refractivity contribution in [3.8, 4) is 0 Å². The van der Waals surface area contributed by atoms with Crippen LogP contribution >= 0.6 is 0 Å². The van der Waals surface area contributed by atoms with E-state index in [2.05, 4.69) is 33.0 Å². The van der Waals surface area contributed by atoms with E-state index in [9.17, 15) is 4.79 Å². The number of hydrogen-bond donors (Lipinski definition) is 3. The lowest BCUT2D eigenvalue weighted by atomic mass is 10.2. The Morgan fingerprint density at radius 3 is 2.85 bits per heavy atom. The summed E-state index contributed by atoms with van der Waals surface area (Å²) in [7, 11) is 0. The summed E-state index contributed by atoms with van der Waals surface area (Å²) in [5.74, 6) is 0.706. The highest BCUT2D eigenvalue weighted by molar-refractivity contribution is 5.90. The normalized spacial score (nSPS) is 11.2. The van der Waals surface area contributed by atoms with E-state index in [1.165, 1.54) is 0 Å². The van der Waals surface area contributed by atoms with Gasteiger partial charge in [-0.25, -0.2) is 4.99 Å². The number of amides is 1. The lowest BCUT2D eigenvalue weighted by molar-refractivity contribution is -0.116. The average molecular weight is 356 g/mol. The van der Waals surface area contributed by atoms with Crippen LogP contribution in [0.4, 0.5) is 5.69 Å². The van der Waals surface area contributed by atoms with Gasteiger partial charge in [0.1, 0.15) is 6.54 Å². The molecule has 26 heavy (non-hydrogen) atoms. The molecule has 0 aliphatic heterocycles. The molecule has 2 rings (SSSR count). The number of benzene rings is 1. The largest absolute Gasteiger partial charge is 0.357 e. The summed E-state index contributed by atoms with van der Waals surface area (Å²) in [5, 5.41) is 13.5. The fourth-order valence-electron chi connectivity index (χ4n) is 2.38. The first-order valence-corrected chi connectivity index (χ1v) is 9.09. The third kappa shape index (κ3) is 6.96. The molecule has 0 aliphatic rings. The fraction of sp³-hybridized carbons (Fsp3) is 0.421. The van der Waals surface area contributed by atoms with Gasteiger partial charge in [0.25, 0.3) is 0 Å². The van der Waals surface area contributed by atoms with Crippen molar-refractivity contribution in [2.45, 2.75) is 39.8 Å². The summed E-state index contributed by atoms with van der Waals surface area (Å²) >= 11 is 0. The molecule has 7 heteroatoms. The van der Waals surface area contributed by atoms with Crippen molar-refractivity contribution in [2.24, 2.45) is 4.99 Å². The Labute approximate surface area is 154 Å². The third-order valence-corrected chi connectivity index (χ3v) is 3.66.